The lowest BCUT2D eigenvalue weighted by Crippen LogP contribution is -2.35. The quantitative estimate of drug-likeness (QED) is 0.497. The molecule has 0 aromatic carbocycles. The van der Waals surface area contributed by atoms with E-state index in [1.54, 1.807) is 13.8 Å². The Morgan fingerprint density at radius 1 is 1.29 bits per heavy atom. The molecule has 0 fully saturated rings. The van der Waals surface area contributed by atoms with Crippen LogP contribution < -0.4 is 5.73 Å². The van der Waals surface area contributed by atoms with E-state index in [0.717, 1.165) is 6.42 Å². The lowest BCUT2D eigenvalue weighted by atomic mass is 10.0. The molecule has 14 heavy (non-hydrogen) atoms. The predicted octanol–water partition coefficient (Wildman–Crippen LogP) is 1.08. The SMILES string of the molecule is CCCOCCOC(=O)CC(C)(C)N. The Hall–Kier alpha value is -0.610. The summed E-state index contributed by atoms with van der Waals surface area (Å²) in [6.07, 6.45) is 1.21. The van der Waals surface area contributed by atoms with Gasteiger partial charge in [0.15, 0.2) is 0 Å². The minimum absolute atomic E-state index is 0.237. The third kappa shape index (κ3) is 9.48. The van der Waals surface area contributed by atoms with Crippen molar-refractivity contribution in [3.63, 3.8) is 0 Å². The zero-order valence-corrected chi connectivity index (χ0v) is 9.34. The Morgan fingerprint density at radius 3 is 2.43 bits per heavy atom. The first-order chi connectivity index (χ1) is 6.45. The molecule has 0 aromatic heterocycles. The van der Waals surface area contributed by atoms with Gasteiger partial charge in [0, 0.05) is 12.1 Å². The molecule has 0 aliphatic rings. The smallest absolute Gasteiger partial charge is 0.307 e. The van der Waals surface area contributed by atoms with Gasteiger partial charge in [-0.05, 0) is 20.3 Å². The Bertz CT molecular complexity index is 163. The Morgan fingerprint density at radius 2 is 1.93 bits per heavy atom. The molecule has 4 nitrogen and oxygen atoms in total. The normalized spacial score (nSPS) is 11.4. The Labute approximate surface area is 85.8 Å². The molecule has 0 aliphatic carbocycles. The van der Waals surface area contributed by atoms with Gasteiger partial charge in [-0.2, -0.15) is 0 Å². The van der Waals surface area contributed by atoms with Crippen molar-refractivity contribution >= 4 is 5.97 Å². The average molecular weight is 203 g/mol. The maximum Gasteiger partial charge on any atom is 0.307 e. The fourth-order valence-corrected chi connectivity index (χ4v) is 0.884. The fraction of sp³-hybridized carbons (Fsp3) is 0.900. The summed E-state index contributed by atoms with van der Waals surface area (Å²) < 4.78 is 10.1. The van der Waals surface area contributed by atoms with Gasteiger partial charge < -0.3 is 15.2 Å². The maximum atomic E-state index is 11.1. The monoisotopic (exact) mass is 203 g/mol. The Kier molecular flexibility index (Phi) is 6.49. The summed E-state index contributed by atoms with van der Waals surface area (Å²) in [5, 5.41) is 0. The van der Waals surface area contributed by atoms with Gasteiger partial charge in [0.25, 0.3) is 0 Å². The van der Waals surface area contributed by atoms with Crippen LogP contribution in [0.2, 0.25) is 0 Å². The van der Waals surface area contributed by atoms with Crippen LogP contribution in [0.4, 0.5) is 0 Å². The average Bonchev–Trinajstić information content (AvgIpc) is 2.00. The zero-order valence-electron chi connectivity index (χ0n) is 9.34. The van der Waals surface area contributed by atoms with Crippen LogP contribution in [-0.2, 0) is 14.3 Å². The summed E-state index contributed by atoms with van der Waals surface area (Å²) in [6, 6.07) is 0. The number of esters is 1. The van der Waals surface area contributed by atoms with E-state index in [0.29, 0.717) is 19.8 Å². The number of hydrogen-bond acceptors (Lipinski definition) is 4. The molecule has 0 amide bonds. The number of rotatable bonds is 7. The third-order valence-corrected chi connectivity index (χ3v) is 1.44. The van der Waals surface area contributed by atoms with Gasteiger partial charge in [0.2, 0.25) is 0 Å². The second-order valence-electron chi connectivity index (χ2n) is 4.00. The van der Waals surface area contributed by atoms with Crippen molar-refractivity contribution in [1.29, 1.82) is 0 Å². The lowest BCUT2D eigenvalue weighted by molar-refractivity contribution is -0.146. The minimum Gasteiger partial charge on any atom is -0.463 e. The molecule has 0 heterocycles. The highest BCUT2D eigenvalue weighted by molar-refractivity contribution is 5.70. The van der Waals surface area contributed by atoms with Crippen molar-refractivity contribution < 1.29 is 14.3 Å². The Balaban J connectivity index is 3.36. The molecule has 2 N–H and O–H groups in total. The molecule has 0 unspecified atom stereocenters. The van der Waals surface area contributed by atoms with E-state index in [1.165, 1.54) is 0 Å². The van der Waals surface area contributed by atoms with Gasteiger partial charge in [-0.15, -0.1) is 0 Å². The highest BCUT2D eigenvalue weighted by Crippen LogP contribution is 2.04. The summed E-state index contributed by atoms with van der Waals surface area (Å²) in [5.41, 5.74) is 5.16. The number of carbonyl (C=O) groups is 1. The summed E-state index contributed by atoms with van der Waals surface area (Å²) in [4.78, 5) is 11.1. The van der Waals surface area contributed by atoms with Gasteiger partial charge >= 0.3 is 5.97 Å². The van der Waals surface area contributed by atoms with E-state index in [2.05, 4.69) is 0 Å². The molecule has 0 aromatic rings. The van der Waals surface area contributed by atoms with Crippen molar-refractivity contribution in [3.8, 4) is 0 Å². The van der Waals surface area contributed by atoms with Gasteiger partial charge in [-0.25, -0.2) is 0 Å². The van der Waals surface area contributed by atoms with E-state index in [-0.39, 0.29) is 12.4 Å². The summed E-state index contributed by atoms with van der Waals surface area (Å²) >= 11 is 0. The zero-order chi connectivity index (χ0) is 11.0. The first kappa shape index (κ1) is 13.4. The van der Waals surface area contributed by atoms with E-state index < -0.39 is 5.54 Å². The standard InChI is InChI=1S/C10H21NO3/c1-4-5-13-6-7-14-9(12)8-10(2,3)11/h4-8,11H2,1-3H3. The van der Waals surface area contributed by atoms with Gasteiger partial charge in [0.05, 0.1) is 13.0 Å². The number of ether oxygens (including phenoxy) is 2. The van der Waals surface area contributed by atoms with Crippen molar-refractivity contribution in [3.05, 3.63) is 0 Å². The van der Waals surface area contributed by atoms with Gasteiger partial charge in [-0.1, -0.05) is 6.92 Å². The highest BCUT2D eigenvalue weighted by Gasteiger charge is 2.16. The lowest BCUT2D eigenvalue weighted by Gasteiger charge is -2.16. The van der Waals surface area contributed by atoms with E-state index in [1.807, 2.05) is 6.92 Å². The molecular weight excluding hydrogens is 182 g/mol. The molecule has 0 rings (SSSR count). The van der Waals surface area contributed by atoms with Crippen molar-refractivity contribution in [1.82, 2.24) is 0 Å². The molecule has 0 bridgehead atoms. The van der Waals surface area contributed by atoms with E-state index in [9.17, 15) is 4.79 Å². The van der Waals surface area contributed by atoms with Crippen LogP contribution in [0.25, 0.3) is 0 Å². The number of nitrogens with two attached hydrogens (primary N) is 1. The molecule has 84 valence electrons. The molecule has 4 heteroatoms. The summed E-state index contributed by atoms with van der Waals surface area (Å²) in [7, 11) is 0. The predicted molar refractivity (Wildman–Crippen MR) is 55.0 cm³/mol. The van der Waals surface area contributed by atoms with E-state index >= 15 is 0 Å². The van der Waals surface area contributed by atoms with Crippen LogP contribution in [0, 0.1) is 0 Å². The van der Waals surface area contributed by atoms with Crippen LogP contribution in [0.1, 0.15) is 33.6 Å². The highest BCUT2D eigenvalue weighted by atomic mass is 16.6. The van der Waals surface area contributed by atoms with Gasteiger partial charge in [0.1, 0.15) is 6.61 Å². The molecule has 0 saturated carbocycles. The van der Waals surface area contributed by atoms with Crippen LogP contribution >= 0.6 is 0 Å². The maximum absolute atomic E-state index is 11.1. The second-order valence-corrected chi connectivity index (χ2v) is 4.00. The first-order valence-corrected chi connectivity index (χ1v) is 4.98. The second kappa shape index (κ2) is 6.79. The van der Waals surface area contributed by atoms with Crippen LogP contribution in [0.5, 0.6) is 0 Å². The van der Waals surface area contributed by atoms with Crippen LogP contribution in [0.3, 0.4) is 0 Å². The molecule has 0 aliphatic heterocycles. The minimum atomic E-state index is -0.499. The van der Waals surface area contributed by atoms with Crippen molar-refractivity contribution in [2.75, 3.05) is 19.8 Å². The topological polar surface area (TPSA) is 61.5 Å². The molecule has 0 spiro atoms. The molecule has 0 atom stereocenters. The summed E-state index contributed by atoms with van der Waals surface area (Å²) in [5.74, 6) is -0.266. The van der Waals surface area contributed by atoms with Crippen LogP contribution in [0.15, 0.2) is 0 Å². The molecule has 0 radical (unpaired) electrons. The van der Waals surface area contributed by atoms with Crippen molar-refractivity contribution in [2.45, 2.75) is 39.2 Å². The largest absolute Gasteiger partial charge is 0.463 e. The third-order valence-electron chi connectivity index (χ3n) is 1.44. The van der Waals surface area contributed by atoms with Gasteiger partial charge in [-0.3, -0.25) is 4.79 Å². The van der Waals surface area contributed by atoms with E-state index in [4.69, 9.17) is 15.2 Å². The molecular formula is C10H21NO3. The number of hydrogen-bond donors (Lipinski definition) is 1. The molecule has 0 saturated heterocycles. The first-order valence-electron chi connectivity index (χ1n) is 4.98. The summed E-state index contributed by atoms with van der Waals surface area (Å²) in [6.45, 7) is 7.10. The van der Waals surface area contributed by atoms with Crippen molar-refractivity contribution in [2.24, 2.45) is 5.73 Å². The number of carbonyl (C=O) groups excluding carboxylic acids is 1. The fourth-order valence-electron chi connectivity index (χ4n) is 0.884. The van der Waals surface area contributed by atoms with Crippen LogP contribution in [-0.4, -0.2) is 31.3 Å².